The normalized spacial score (nSPS) is 10.3. The third-order valence-corrected chi connectivity index (χ3v) is 3.21. The molecule has 0 aliphatic rings. The van der Waals surface area contributed by atoms with Crippen molar-refractivity contribution >= 4 is 23.5 Å². The summed E-state index contributed by atoms with van der Waals surface area (Å²) in [4.78, 5) is 45.8. The van der Waals surface area contributed by atoms with Crippen molar-refractivity contribution in [2.75, 3.05) is 13.1 Å². The molecule has 0 saturated carbocycles. The molecule has 1 rings (SSSR count). The van der Waals surface area contributed by atoms with Gasteiger partial charge in [0.1, 0.15) is 6.54 Å². The average molecular weight is 337 g/mol. The average Bonchev–Trinajstić information content (AvgIpc) is 2.51. The van der Waals surface area contributed by atoms with Gasteiger partial charge in [-0.25, -0.2) is 0 Å². The second-order valence-electron chi connectivity index (χ2n) is 5.32. The molecule has 24 heavy (non-hydrogen) atoms. The molecule has 9 heteroatoms. The molecule has 1 aromatic carbocycles. The van der Waals surface area contributed by atoms with Gasteiger partial charge in [-0.05, 0) is 26.0 Å². The summed E-state index contributed by atoms with van der Waals surface area (Å²) in [6.07, 6.45) is -0.0375. The number of non-ortho nitro benzene ring substituents is 1. The number of benzene rings is 1. The Morgan fingerprint density at radius 2 is 1.83 bits per heavy atom. The Balaban J connectivity index is 2.53. The van der Waals surface area contributed by atoms with Gasteiger partial charge in [-0.15, -0.1) is 0 Å². The summed E-state index contributed by atoms with van der Waals surface area (Å²) in [5.41, 5.74) is 0.113. The van der Waals surface area contributed by atoms with Crippen molar-refractivity contribution in [3.05, 3.63) is 39.9 Å². The lowest BCUT2D eigenvalue weighted by atomic mass is 10.2. The van der Waals surface area contributed by atoms with Gasteiger partial charge in [-0.2, -0.15) is 0 Å². The Morgan fingerprint density at radius 1 is 1.25 bits per heavy atom. The first-order valence-electron chi connectivity index (χ1n) is 7.26. The number of carbonyl (C=O) groups excluding carboxylic acids is 2. The largest absolute Gasteiger partial charge is 0.480 e. The predicted octanol–water partition coefficient (Wildman–Crippen LogP) is 1.04. The maximum atomic E-state index is 12.0. The molecule has 0 saturated heterocycles. The van der Waals surface area contributed by atoms with Gasteiger partial charge in [0.05, 0.1) is 4.92 Å². The minimum absolute atomic E-state index is 0.0375. The number of nitro benzene ring substituents is 1. The maximum absolute atomic E-state index is 12.0. The van der Waals surface area contributed by atoms with Gasteiger partial charge in [0.2, 0.25) is 5.91 Å². The number of rotatable bonds is 8. The van der Waals surface area contributed by atoms with Crippen LogP contribution in [0.3, 0.4) is 0 Å². The highest BCUT2D eigenvalue weighted by molar-refractivity contribution is 5.94. The lowest BCUT2D eigenvalue weighted by Gasteiger charge is -2.24. The van der Waals surface area contributed by atoms with Crippen molar-refractivity contribution in [3.8, 4) is 0 Å². The molecule has 0 aliphatic carbocycles. The van der Waals surface area contributed by atoms with Gasteiger partial charge in [0.15, 0.2) is 0 Å². The first-order chi connectivity index (χ1) is 11.2. The molecule has 0 atom stereocenters. The van der Waals surface area contributed by atoms with Gasteiger partial charge >= 0.3 is 5.97 Å². The number of carbonyl (C=O) groups is 3. The van der Waals surface area contributed by atoms with Crippen LogP contribution in [-0.4, -0.2) is 51.8 Å². The van der Waals surface area contributed by atoms with Crippen molar-refractivity contribution in [1.29, 1.82) is 0 Å². The smallest absolute Gasteiger partial charge is 0.323 e. The van der Waals surface area contributed by atoms with E-state index >= 15 is 0 Å². The molecule has 0 radical (unpaired) electrons. The summed E-state index contributed by atoms with van der Waals surface area (Å²) in [5, 5.41) is 21.9. The molecule has 130 valence electrons. The summed E-state index contributed by atoms with van der Waals surface area (Å²) in [6, 6.07) is 4.81. The fraction of sp³-hybridized carbons (Fsp3) is 0.400. The number of hydrogen-bond donors (Lipinski definition) is 2. The second kappa shape index (κ2) is 8.61. The minimum Gasteiger partial charge on any atom is -0.480 e. The number of carboxylic acids is 1. The molecule has 0 bridgehead atoms. The van der Waals surface area contributed by atoms with Crippen LogP contribution >= 0.6 is 0 Å². The van der Waals surface area contributed by atoms with Gasteiger partial charge in [-0.3, -0.25) is 24.5 Å². The quantitative estimate of drug-likeness (QED) is 0.538. The lowest BCUT2D eigenvalue weighted by Crippen LogP contribution is -2.42. The molecule has 0 fully saturated rings. The highest BCUT2D eigenvalue weighted by Crippen LogP contribution is 2.11. The second-order valence-corrected chi connectivity index (χ2v) is 5.32. The molecule has 0 aliphatic heterocycles. The van der Waals surface area contributed by atoms with E-state index in [9.17, 15) is 24.5 Å². The van der Waals surface area contributed by atoms with E-state index in [0.717, 1.165) is 0 Å². The SMILES string of the molecule is CC(C)N(CC(=O)O)C(=O)CCNC(=O)c1ccc([N+](=O)[O-])cc1. The summed E-state index contributed by atoms with van der Waals surface area (Å²) in [5.74, 6) is -1.95. The highest BCUT2D eigenvalue weighted by atomic mass is 16.6. The van der Waals surface area contributed by atoms with E-state index in [1.807, 2.05) is 0 Å². The molecule has 2 N–H and O–H groups in total. The third kappa shape index (κ3) is 5.67. The van der Waals surface area contributed by atoms with Gasteiger partial charge < -0.3 is 15.3 Å². The molecule has 9 nitrogen and oxygen atoms in total. The van der Waals surface area contributed by atoms with Gasteiger partial charge in [0.25, 0.3) is 11.6 Å². The Bertz CT molecular complexity index is 627. The van der Waals surface area contributed by atoms with E-state index in [2.05, 4.69) is 5.32 Å². The fourth-order valence-electron chi connectivity index (χ4n) is 1.97. The maximum Gasteiger partial charge on any atom is 0.323 e. The summed E-state index contributed by atoms with van der Waals surface area (Å²) in [7, 11) is 0. The fourth-order valence-corrected chi connectivity index (χ4v) is 1.97. The molecular formula is C15H19N3O6. The predicted molar refractivity (Wildman–Crippen MR) is 84.5 cm³/mol. The third-order valence-electron chi connectivity index (χ3n) is 3.21. The molecule has 1 aromatic rings. The van der Waals surface area contributed by atoms with E-state index < -0.39 is 23.3 Å². The molecule has 0 heterocycles. The zero-order chi connectivity index (χ0) is 18.3. The summed E-state index contributed by atoms with van der Waals surface area (Å²) < 4.78 is 0. The van der Waals surface area contributed by atoms with Crippen molar-refractivity contribution in [1.82, 2.24) is 10.2 Å². The number of hydrogen-bond acceptors (Lipinski definition) is 5. The van der Waals surface area contributed by atoms with Crippen molar-refractivity contribution in [2.45, 2.75) is 26.3 Å². The van der Waals surface area contributed by atoms with Crippen molar-refractivity contribution in [2.24, 2.45) is 0 Å². The Kier molecular flexibility index (Phi) is 6.84. The minimum atomic E-state index is -1.10. The lowest BCUT2D eigenvalue weighted by molar-refractivity contribution is -0.384. The molecule has 0 spiro atoms. The van der Waals surface area contributed by atoms with Crippen LogP contribution in [0.15, 0.2) is 24.3 Å². The van der Waals surface area contributed by atoms with Crippen molar-refractivity contribution < 1.29 is 24.4 Å². The van der Waals surface area contributed by atoms with Crippen LogP contribution in [0.1, 0.15) is 30.6 Å². The van der Waals surface area contributed by atoms with E-state index in [1.165, 1.54) is 29.2 Å². The zero-order valence-corrected chi connectivity index (χ0v) is 13.4. The first-order valence-corrected chi connectivity index (χ1v) is 7.26. The number of aliphatic carboxylic acids is 1. The zero-order valence-electron chi connectivity index (χ0n) is 13.4. The summed E-state index contributed by atoms with van der Waals surface area (Å²) in [6.45, 7) is 3.05. The molecular weight excluding hydrogens is 318 g/mol. The van der Waals surface area contributed by atoms with Gasteiger partial charge in [0, 0.05) is 36.7 Å². The van der Waals surface area contributed by atoms with E-state index in [4.69, 9.17) is 5.11 Å². The number of nitrogens with one attached hydrogen (secondary N) is 1. The number of carboxylic acid groups (broad SMARTS) is 1. The van der Waals surface area contributed by atoms with Gasteiger partial charge in [-0.1, -0.05) is 0 Å². The molecule has 0 aromatic heterocycles. The van der Waals surface area contributed by atoms with Crippen molar-refractivity contribution in [3.63, 3.8) is 0 Å². The van der Waals surface area contributed by atoms with Crippen LogP contribution in [0.4, 0.5) is 5.69 Å². The Hall–Kier alpha value is -2.97. The monoisotopic (exact) mass is 337 g/mol. The highest BCUT2D eigenvalue weighted by Gasteiger charge is 2.19. The molecule has 2 amide bonds. The number of amides is 2. The standard InChI is InChI=1S/C15H19N3O6/c1-10(2)17(9-14(20)21)13(19)7-8-16-15(22)11-3-5-12(6-4-11)18(23)24/h3-6,10H,7-9H2,1-2H3,(H,16,22)(H,20,21). The Morgan fingerprint density at radius 3 is 2.29 bits per heavy atom. The van der Waals surface area contributed by atoms with E-state index in [0.29, 0.717) is 0 Å². The van der Waals surface area contributed by atoms with Crippen LogP contribution in [0.2, 0.25) is 0 Å². The first kappa shape index (κ1) is 19.1. The molecule has 0 unspecified atom stereocenters. The summed E-state index contributed by atoms with van der Waals surface area (Å²) >= 11 is 0. The Labute approximate surface area is 138 Å². The topological polar surface area (TPSA) is 130 Å². The van der Waals surface area contributed by atoms with Crippen LogP contribution in [0, 0.1) is 10.1 Å². The van der Waals surface area contributed by atoms with Crippen LogP contribution < -0.4 is 5.32 Å². The number of nitrogens with zero attached hydrogens (tertiary/aromatic N) is 2. The van der Waals surface area contributed by atoms with Crippen LogP contribution in [0.25, 0.3) is 0 Å². The van der Waals surface area contributed by atoms with Crippen LogP contribution in [0.5, 0.6) is 0 Å². The number of nitro groups is 1. The van der Waals surface area contributed by atoms with E-state index in [-0.39, 0.29) is 36.2 Å². The van der Waals surface area contributed by atoms with E-state index in [1.54, 1.807) is 13.8 Å². The van der Waals surface area contributed by atoms with Crippen LogP contribution in [-0.2, 0) is 9.59 Å².